The van der Waals surface area contributed by atoms with Gasteiger partial charge in [-0.3, -0.25) is 0 Å². The lowest BCUT2D eigenvalue weighted by Gasteiger charge is -2.41. The van der Waals surface area contributed by atoms with Crippen LogP contribution in [0.15, 0.2) is 18.2 Å². The highest BCUT2D eigenvalue weighted by Gasteiger charge is 2.45. The first-order valence-corrected chi connectivity index (χ1v) is 11.5. The van der Waals surface area contributed by atoms with Gasteiger partial charge in [-0.05, 0) is 36.1 Å². The highest BCUT2D eigenvalue weighted by molar-refractivity contribution is 5.76. The molecule has 1 N–H and O–H groups in total. The standard InChI is InChI=1S/C25H30N2O7/c1-5-9-26-25(28)27-10-8-14-11-18-23(34-13-33-18)24(31-4)19(14)20(27)22-15-6-7-17(29-2)21(30-3)16(15)12-32-22/h6-7,11,20,22H,5,8-10,12-13H2,1-4H3,(H,26,28)/t20-,22+/m1/s1. The van der Waals surface area contributed by atoms with Crippen LogP contribution < -0.4 is 29.0 Å². The first kappa shape index (κ1) is 22.5. The number of nitrogens with zero attached hydrogens (tertiary/aromatic N) is 1. The average molecular weight is 471 g/mol. The molecule has 2 aromatic carbocycles. The van der Waals surface area contributed by atoms with Crippen molar-refractivity contribution < 1.29 is 33.2 Å². The highest BCUT2D eigenvalue weighted by Crippen LogP contribution is 2.55. The first-order valence-electron chi connectivity index (χ1n) is 11.5. The quantitative estimate of drug-likeness (QED) is 0.688. The maximum Gasteiger partial charge on any atom is 0.318 e. The SMILES string of the molecule is CCCNC(=O)N1CCc2cc3c(c(OC)c2[C@@H]1[C@H]1OCc2c1ccc(OC)c2OC)OCO3. The zero-order valence-corrected chi connectivity index (χ0v) is 19.9. The molecular weight excluding hydrogens is 440 g/mol. The fourth-order valence-corrected chi connectivity index (χ4v) is 5.17. The number of carbonyl (C=O) groups excluding carboxylic acids is 1. The van der Waals surface area contributed by atoms with Crippen molar-refractivity contribution >= 4 is 6.03 Å². The van der Waals surface area contributed by atoms with Crippen molar-refractivity contribution in [3.05, 3.63) is 40.5 Å². The molecule has 0 unspecified atom stereocenters. The molecule has 0 spiro atoms. The van der Waals surface area contributed by atoms with Gasteiger partial charge in [-0.15, -0.1) is 0 Å². The Labute approximate surface area is 198 Å². The summed E-state index contributed by atoms with van der Waals surface area (Å²) < 4.78 is 34.8. The molecule has 0 saturated carbocycles. The van der Waals surface area contributed by atoms with E-state index in [0.717, 1.165) is 28.7 Å². The number of urea groups is 1. The number of hydrogen-bond donors (Lipinski definition) is 1. The van der Waals surface area contributed by atoms with E-state index in [4.69, 9.17) is 28.4 Å². The fourth-order valence-electron chi connectivity index (χ4n) is 5.17. The van der Waals surface area contributed by atoms with Gasteiger partial charge in [0.1, 0.15) is 6.10 Å². The highest BCUT2D eigenvalue weighted by atomic mass is 16.7. The molecule has 0 aromatic heterocycles. The molecule has 0 radical (unpaired) electrons. The number of benzene rings is 2. The van der Waals surface area contributed by atoms with Crippen LogP contribution >= 0.6 is 0 Å². The third-order valence-electron chi connectivity index (χ3n) is 6.67. The summed E-state index contributed by atoms with van der Waals surface area (Å²) in [7, 11) is 4.85. The van der Waals surface area contributed by atoms with Crippen LogP contribution in [0.3, 0.4) is 0 Å². The van der Waals surface area contributed by atoms with Crippen LogP contribution in [0.25, 0.3) is 0 Å². The third-order valence-corrected chi connectivity index (χ3v) is 6.67. The van der Waals surface area contributed by atoms with Crippen molar-refractivity contribution in [3.8, 4) is 28.7 Å². The van der Waals surface area contributed by atoms with E-state index in [1.807, 2.05) is 30.0 Å². The molecule has 34 heavy (non-hydrogen) atoms. The summed E-state index contributed by atoms with van der Waals surface area (Å²) in [4.78, 5) is 15.2. The zero-order chi connectivity index (χ0) is 23.8. The van der Waals surface area contributed by atoms with Gasteiger partial charge < -0.3 is 38.6 Å². The van der Waals surface area contributed by atoms with Crippen molar-refractivity contribution in [2.24, 2.45) is 0 Å². The Morgan fingerprint density at radius 1 is 1.15 bits per heavy atom. The number of hydrogen-bond acceptors (Lipinski definition) is 7. The van der Waals surface area contributed by atoms with Gasteiger partial charge in [-0.1, -0.05) is 13.0 Å². The summed E-state index contributed by atoms with van der Waals surface area (Å²) in [5, 5.41) is 3.03. The maximum absolute atomic E-state index is 13.3. The summed E-state index contributed by atoms with van der Waals surface area (Å²) in [6, 6.07) is 5.31. The third kappa shape index (κ3) is 3.46. The largest absolute Gasteiger partial charge is 0.493 e. The van der Waals surface area contributed by atoms with Gasteiger partial charge in [-0.25, -0.2) is 4.79 Å². The molecule has 5 rings (SSSR count). The number of carbonyl (C=O) groups is 1. The van der Waals surface area contributed by atoms with E-state index in [9.17, 15) is 4.79 Å². The number of ether oxygens (including phenoxy) is 6. The van der Waals surface area contributed by atoms with Crippen molar-refractivity contribution in [3.63, 3.8) is 0 Å². The van der Waals surface area contributed by atoms with Crippen LogP contribution in [-0.4, -0.2) is 52.1 Å². The van der Waals surface area contributed by atoms with E-state index in [1.54, 1.807) is 21.3 Å². The molecule has 2 atom stereocenters. The van der Waals surface area contributed by atoms with Gasteiger partial charge in [0.05, 0.1) is 34.0 Å². The molecule has 0 saturated heterocycles. The minimum absolute atomic E-state index is 0.130. The molecule has 2 amide bonds. The van der Waals surface area contributed by atoms with Crippen molar-refractivity contribution in [2.75, 3.05) is 41.2 Å². The molecule has 9 nitrogen and oxygen atoms in total. The minimum Gasteiger partial charge on any atom is -0.493 e. The summed E-state index contributed by atoms with van der Waals surface area (Å²) in [6.45, 7) is 3.66. The van der Waals surface area contributed by atoms with E-state index in [0.29, 0.717) is 54.9 Å². The maximum atomic E-state index is 13.3. The Morgan fingerprint density at radius 3 is 2.71 bits per heavy atom. The van der Waals surface area contributed by atoms with Gasteiger partial charge in [-0.2, -0.15) is 0 Å². The topological polar surface area (TPSA) is 87.7 Å². The van der Waals surface area contributed by atoms with E-state index in [2.05, 4.69) is 5.32 Å². The number of amides is 2. The average Bonchev–Trinajstić information content (AvgIpc) is 3.51. The number of fused-ring (bicyclic) bond motifs is 3. The second-order valence-corrected chi connectivity index (χ2v) is 8.44. The minimum atomic E-state index is -0.426. The molecule has 0 bridgehead atoms. The van der Waals surface area contributed by atoms with Crippen LogP contribution in [0.1, 0.15) is 47.7 Å². The van der Waals surface area contributed by atoms with E-state index in [-0.39, 0.29) is 12.8 Å². The summed E-state index contributed by atoms with van der Waals surface area (Å²) in [6.07, 6.45) is 1.10. The van der Waals surface area contributed by atoms with Gasteiger partial charge in [0.2, 0.25) is 12.5 Å². The van der Waals surface area contributed by atoms with Crippen molar-refractivity contribution in [2.45, 2.75) is 38.5 Å². The molecule has 3 heterocycles. The summed E-state index contributed by atoms with van der Waals surface area (Å²) >= 11 is 0. The van der Waals surface area contributed by atoms with Crippen LogP contribution in [0.5, 0.6) is 28.7 Å². The van der Waals surface area contributed by atoms with Crippen LogP contribution in [0, 0.1) is 0 Å². The lowest BCUT2D eigenvalue weighted by molar-refractivity contribution is -0.000244. The van der Waals surface area contributed by atoms with Crippen LogP contribution in [0.4, 0.5) is 4.79 Å². The normalized spacial score (nSPS) is 19.9. The van der Waals surface area contributed by atoms with Crippen molar-refractivity contribution in [1.29, 1.82) is 0 Å². The molecule has 0 aliphatic carbocycles. The van der Waals surface area contributed by atoms with Gasteiger partial charge in [0.15, 0.2) is 23.0 Å². The number of nitrogens with one attached hydrogen (secondary N) is 1. The van der Waals surface area contributed by atoms with E-state index >= 15 is 0 Å². The lowest BCUT2D eigenvalue weighted by atomic mass is 9.85. The Bertz CT molecular complexity index is 1100. The van der Waals surface area contributed by atoms with Gasteiger partial charge in [0.25, 0.3) is 0 Å². The Kier molecular flexibility index (Phi) is 6.03. The van der Waals surface area contributed by atoms with Crippen LogP contribution in [-0.2, 0) is 17.8 Å². The predicted molar refractivity (Wildman–Crippen MR) is 123 cm³/mol. The van der Waals surface area contributed by atoms with Gasteiger partial charge in [0, 0.05) is 24.2 Å². The van der Waals surface area contributed by atoms with E-state index < -0.39 is 12.1 Å². The smallest absolute Gasteiger partial charge is 0.318 e. The fraction of sp³-hybridized carbons (Fsp3) is 0.480. The predicted octanol–water partition coefficient (Wildman–Crippen LogP) is 3.73. The second-order valence-electron chi connectivity index (χ2n) is 8.44. The molecule has 3 aliphatic rings. The summed E-state index contributed by atoms with van der Waals surface area (Å²) in [5.74, 6) is 3.11. The molecular formula is C25H30N2O7. The molecule has 3 aliphatic heterocycles. The zero-order valence-electron chi connectivity index (χ0n) is 19.9. The molecule has 182 valence electrons. The van der Waals surface area contributed by atoms with Gasteiger partial charge >= 0.3 is 6.03 Å². The Hall–Kier alpha value is -3.33. The first-order chi connectivity index (χ1) is 16.6. The van der Waals surface area contributed by atoms with Crippen molar-refractivity contribution in [1.82, 2.24) is 10.2 Å². The van der Waals surface area contributed by atoms with E-state index in [1.165, 1.54) is 0 Å². The molecule has 0 fully saturated rings. The lowest BCUT2D eigenvalue weighted by Crippen LogP contribution is -2.47. The summed E-state index contributed by atoms with van der Waals surface area (Å²) in [5.41, 5.74) is 3.83. The van der Waals surface area contributed by atoms with Crippen LogP contribution in [0.2, 0.25) is 0 Å². The molecule has 9 heteroatoms. The Balaban J connectivity index is 1.66. The monoisotopic (exact) mass is 470 g/mol. The Morgan fingerprint density at radius 2 is 1.97 bits per heavy atom. The second kappa shape index (κ2) is 9.13. The molecule has 2 aromatic rings. The number of rotatable bonds is 6. The number of methoxy groups -OCH3 is 3.